The molecule has 0 amide bonds. The van der Waals surface area contributed by atoms with E-state index in [9.17, 15) is 29.8 Å². The number of carbonyl (C=O) groups is 2. The average Bonchev–Trinajstić information content (AvgIpc) is 2.61. The van der Waals surface area contributed by atoms with Crippen LogP contribution in [0.4, 0.5) is 11.4 Å². The highest BCUT2D eigenvalue weighted by atomic mass is 16.7. The zero-order valence-corrected chi connectivity index (χ0v) is 14.7. The van der Waals surface area contributed by atoms with Crippen molar-refractivity contribution < 1.29 is 24.3 Å². The number of rotatable bonds is 5. The van der Waals surface area contributed by atoms with Gasteiger partial charge in [0.05, 0.1) is 21.5 Å². The summed E-state index contributed by atoms with van der Waals surface area (Å²) in [6.45, 7) is 5.24. The van der Waals surface area contributed by atoms with Gasteiger partial charge in [0.15, 0.2) is 5.78 Å². The number of nitro benzene ring substituents is 2. The normalized spacial score (nSPS) is 15.4. The van der Waals surface area contributed by atoms with Crippen LogP contribution >= 0.6 is 0 Å². The molecule has 10 nitrogen and oxygen atoms in total. The molecule has 0 saturated carbocycles. The molecule has 0 radical (unpaired) electrons. The fourth-order valence-corrected chi connectivity index (χ4v) is 2.30. The lowest BCUT2D eigenvalue weighted by molar-refractivity contribution is -0.394. The van der Waals surface area contributed by atoms with Gasteiger partial charge in [-0.25, -0.2) is 4.79 Å². The fraction of sp³-hybridized carbons (Fsp3) is 0.235. The second kappa shape index (κ2) is 7.68. The number of benzene rings is 1. The molecule has 0 fully saturated rings. The van der Waals surface area contributed by atoms with Crippen LogP contribution in [0.2, 0.25) is 0 Å². The van der Waals surface area contributed by atoms with Crippen molar-refractivity contribution in [3.05, 3.63) is 67.3 Å². The van der Waals surface area contributed by atoms with Gasteiger partial charge >= 0.3 is 5.97 Å². The average molecular weight is 373 g/mol. The summed E-state index contributed by atoms with van der Waals surface area (Å²) in [6.07, 6.45) is 2.85. The smallest absolute Gasteiger partial charge is 0.312 e. The van der Waals surface area contributed by atoms with Crippen LogP contribution in [0.25, 0.3) is 0 Å². The molecule has 0 bridgehead atoms. The Labute approximate surface area is 153 Å². The Morgan fingerprint density at radius 2 is 1.63 bits per heavy atom. The van der Waals surface area contributed by atoms with Gasteiger partial charge in [-0.1, -0.05) is 19.0 Å². The Hall–Kier alpha value is -3.69. The molecule has 0 N–H and O–H groups in total. The van der Waals surface area contributed by atoms with Crippen LogP contribution in [0.15, 0.2) is 46.7 Å². The maximum atomic E-state index is 12.2. The van der Waals surface area contributed by atoms with Gasteiger partial charge < -0.3 is 4.84 Å². The Kier molecular flexibility index (Phi) is 5.59. The SMILES string of the molecule is CC1=C/C(=N\OC(=O)c2cc([N+](=O)[O-])cc([N+](=O)[O-])c2)C(C(C)C)=CC1=O. The number of nitrogens with zero attached hydrogens (tertiary/aromatic N) is 3. The van der Waals surface area contributed by atoms with E-state index in [1.54, 1.807) is 6.92 Å². The third kappa shape index (κ3) is 4.48. The van der Waals surface area contributed by atoms with Crippen molar-refractivity contribution in [1.29, 1.82) is 0 Å². The van der Waals surface area contributed by atoms with Gasteiger partial charge in [0.25, 0.3) is 11.4 Å². The molecule has 27 heavy (non-hydrogen) atoms. The lowest BCUT2D eigenvalue weighted by Gasteiger charge is -2.15. The Balaban J connectivity index is 2.35. The minimum Gasteiger partial charge on any atom is -0.312 e. The molecular formula is C17H15N3O7. The van der Waals surface area contributed by atoms with Gasteiger partial charge in [0.1, 0.15) is 5.71 Å². The van der Waals surface area contributed by atoms with Crippen molar-refractivity contribution in [2.24, 2.45) is 11.1 Å². The maximum absolute atomic E-state index is 12.2. The van der Waals surface area contributed by atoms with E-state index in [1.165, 1.54) is 12.2 Å². The van der Waals surface area contributed by atoms with E-state index >= 15 is 0 Å². The largest absolute Gasteiger partial charge is 0.366 e. The van der Waals surface area contributed by atoms with Crippen LogP contribution in [0, 0.1) is 26.1 Å². The fourth-order valence-electron chi connectivity index (χ4n) is 2.30. The first-order valence-corrected chi connectivity index (χ1v) is 7.78. The number of nitro groups is 2. The van der Waals surface area contributed by atoms with Gasteiger partial charge in [0.2, 0.25) is 0 Å². The van der Waals surface area contributed by atoms with Crippen LogP contribution in [-0.4, -0.2) is 27.3 Å². The van der Waals surface area contributed by atoms with Gasteiger partial charge in [-0.05, 0) is 36.1 Å². The van der Waals surface area contributed by atoms with Gasteiger partial charge in [0, 0.05) is 12.1 Å². The molecule has 1 aliphatic carbocycles. The van der Waals surface area contributed by atoms with Crippen molar-refractivity contribution in [3.63, 3.8) is 0 Å². The third-order valence-corrected chi connectivity index (χ3v) is 3.73. The van der Waals surface area contributed by atoms with Crippen LogP contribution in [0.5, 0.6) is 0 Å². The Morgan fingerprint density at radius 1 is 1.07 bits per heavy atom. The van der Waals surface area contributed by atoms with Crippen molar-refractivity contribution in [1.82, 2.24) is 0 Å². The van der Waals surface area contributed by atoms with E-state index < -0.39 is 27.2 Å². The van der Waals surface area contributed by atoms with Crippen molar-refractivity contribution in [2.45, 2.75) is 20.8 Å². The summed E-state index contributed by atoms with van der Waals surface area (Å²) in [5.74, 6) is -1.35. The van der Waals surface area contributed by atoms with Crippen molar-refractivity contribution in [3.8, 4) is 0 Å². The zero-order chi connectivity index (χ0) is 20.3. The van der Waals surface area contributed by atoms with Crippen molar-refractivity contribution in [2.75, 3.05) is 0 Å². The van der Waals surface area contributed by atoms with Crippen LogP contribution in [0.1, 0.15) is 31.1 Å². The predicted octanol–water partition coefficient (Wildman–Crippen LogP) is 3.13. The van der Waals surface area contributed by atoms with E-state index in [2.05, 4.69) is 5.16 Å². The highest BCUT2D eigenvalue weighted by Crippen LogP contribution is 2.24. The molecule has 2 rings (SSSR count). The second-order valence-corrected chi connectivity index (χ2v) is 6.05. The highest BCUT2D eigenvalue weighted by molar-refractivity contribution is 6.21. The van der Waals surface area contributed by atoms with Crippen LogP contribution in [0.3, 0.4) is 0 Å². The molecule has 140 valence electrons. The number of hydrogen-bond acceptors (Lipinski definition) is 8. The number of carbonyl (C=O) groups excluding carboxylic acids is 2. The Bertz CT molecular complexity index is 910. The van der Waals surface area contributed by atoms with E-state index in [0.717, 1.165) is 18.2 Å². The van der Waals surface area contributed by atoms with E-state index in [4.69, 9.17) is 4.84 Å². The minimum atomic E-state index is -1.10. The molecular weight excluding hydrogens is 358 g/mol. The van der Waals surface area contributed by atoms with E-state index in [0.29, 0.717) is 11.1 Å². The summed E-state index contributed by atoms with van der Waals surface area (Å²) in [4.78, 5) is 48.9. The predicted molar refractivity (Wildman–Crippen MR) is 94.3 cm³/mol. The maximum Gasteiger partial charge on any atom is 0.366 e. The molecule has 0 aromatic heterocycles. The molecule has 1 aromatic carbocycles. The molecule has 0 unspecified atom stereocenters. The molecule has 0 atom stereocenters. The van der Waals surface area contributed by atoms with E-state index in [-0.39, 0.29) is 23.0 Å². The number of hydrogen-bond donors (Lipinski definition) is 0. The molecule has 0 spiro atoms. The number of oxime groups is 1. The van der Waals surface area contributed by atoms with Crippen LogP contribution in [-0.2, 0) is 9.63 Å². The molecule has 0 saturated heterocycles. The standard InChI is InChI=1S/C17H15N3O7/c1-9(2)14-8-16(21)10(3)4-15(14)18-27-17(22)11-5-12(19(23)24)7-13(6-11)20(25)26/h4-9H,1-3H3/b18-15+. The first-order chi connectivity index (χ1) is 12.6. The molecule has 0 heterocycles. The first-order valence-electron chi connectivity index (χ1n) is 7.78. The topological polar surface area (TPSA) is 142 Å². The van der Waals surface area contributed by atoms with Gasteiger partial charge in [-0.2, -0.15) is 0 Å². The number of allylic oxidation sites excluding steroid dienone is 4. The Morgan fingerprint density at radius 3 is 2.11 bits per heavy atom. The summed E-state index contributed by atoms with van der Waals surface area (Å²) >= 11 is 0. The monoisotopic (exact) mass is 373 g/mol. The lowest BCUT2D eigenvalue weighted by Crippen LogP contribution is -2.16. The number of non-ortho nitro benzene ring substituents is 2. The van der Waals surface area contributed by atoms with Gasteiger partial charge in [-0.3, -0.25) is 25.0 Å². The lowest BCUT2D eigenvalue weighted by atomic mass is 9.90. The first kappa shape index (κ1) is 19.6. The van der Waals surface area contributed by atoms with E-state index in [1.807, 2.05) is 13.8 Å². The van der Waals surface area contributed by atoms with Gasteiger partial charge in [-0.15, -0.1) is 0 Å². The quantitative estimate of drug-likeness (QED) is 0.334. The summed E-state index contributed by atoms with van der Waals surface area (Å²) in [5.41, 5.74) is -0.405. The van der Waals surface area contributed by atoms with Crippen molar-refractivity contribution >= 4 is 28.8 Å². The highest BCUT2D eigenvalue weighted by Gasteiger charge is 2.22. The summed E-state index contributed by atoms with van der Waals surface area (Å²) < 4.78 is 0. The van der Waals surface area contributed by atoms with Crippen LogP contribution < -0.4 is 0 Å². The second-order valence-electron chi connectivity index (χ2n) is 6.05. The minimum absolute atomic E-state index is 0.0744. The number of ketones is 1. The summed E-state index contributed by atoms with van der Waals surface area (Å²) in [6, 6.07) is 2.46. The zero-order valence-electron chi connectivity index (χ0n) is 14.7. The molecule has 1 aliphatic rings. The molecule has 0 aliphatic heterocycles. The summed E-state index contributed by atoms with van der Waals surface area (Å²) in [5, 5.41) is 25.5. The molecule has 10 heteroatoms. The summed E-state index contributed by atoms with van der Waals surface area (Å²) in [7, 11) is 0. The molecule has 1 aromatic rings. The third-order valence-electron chi connectivity index (χ3n) is 3.73.